The van der Waals surface area contributed by atoms with Crippen LogP contribution in [0.1, 0.15) is 23.0 Å². The third-order valence-corrected chi connectivity index (χ3v) is 3.52. The Kier molecular flexibility index (Phi) is 5.35. The van der Waals surface area contributed by atoms with Gasteiger partial charge in [0.2, 0.25) is 5.88 Å². The smallest absolute Gasteiger partial charge is 0.359 e. The molecule has 0 fully saturated rings. The SMILES string of the molecule is CCOC(=O)c1nn(C)c(Oc2cc(O)c(Cl)cc2Cl)c1CO. The molecule has 7 nitrogen and oxygen atoms in total. The largest absolute Gasteiger partial charge is 0.506 e. The van der Waals surface area contributed by atoms with Crippen LogP contribution in [-0.4, -0.2) is 32.6 Å². The first-order chi connectivity index (χ1) is 10.9. The van der Waals surface area contributed by atoms with Gasteiger partial charge in [-0.25, -0.2) is 9.48 Å². The van der Waals surface area contributed by atoms with Gasteiger partial charge in [-0.15, -0.1) is 0 Å². The number of aryl methyl sites for hydroxylation is 1. The number of aromatic hydroxyl groups is 1. The number of hydrogen-bond acceptors (Lipinski definition) is 6. The Morgan fingerprint density at radius 1 is 1.35 bits per heavy atom. The lowest BCUT2D eigenvalue weighted by molar-refractivity contribution is 0.0515. The minimum Gasteiger partial charge on any atom is -0.506 e. The van der Waals surface area contributed by atoms with Crippen molar-refractivity contribution in [3.8, 4) is 17.4 Å². The Morgan fingerprint density at radius 3 is 2.65 bits per heavy atom. The van der Waals surface area contributed by atoms with Crippen LogP contribution in [-0.2, 0) is 18.4 Å². The van der Waals surface area contributed by atoms with Crippen molar-refractivity contribution in [2.24, 2.45) is 7.05 Å². The number of esters is 1. The summed E-state index contributed by atoms with van der Waals surface area (Å²) in [7, 11) is 1.53. The number of rotatable bonds is 5. The lowest BCUT2D eigenvalue weighted by Crippen LogP contribution is -2.08. The molecule has 0 bridgehead atoms. The first-order valence-corrected chi connectivity index (χ1v) is 7.34. The topological polar surface area (TPSA) is 93.8 Å². The molecule has 1 aromatic heterocycles. The monoisotopic (exact) mass is 360 g/mol. The molecule has 2 N–H and O–H groups in total. The molecule has 0 saturated heterocycles. The summed E-state index contributed by atoms with van der Waals surface area (Å²) >= 11 is 11.8. The maximum absolute atomic E-state index is 11.9. The first-order valence-electron chi connectivity index (χ1n) is 6.58. The number of benzene rings is 1. The van der Waals surface area contributed by atoms with Crippen molar-refractivity contribution < 1.29 is 24.5 Å². The van der Waals surface area contributed by atoms with Gasteiger partial charge in [-0.1, -0.05) is 23.2 Å². The van der Waals surface area contributed by atoms with E-state index in [0.29, 0.717) is 0 Å². The molecular formula is C14H14Cl2N2O5. The van der Waals surface area contributed by atoms with Gasteiger partial charge in [-0.3, -0.25) is 0 Å². The van der Waals surface area contributed by atoms with E-state index in [2.05, 4.69) is 5.10 Å². The predicted molar refractivity (Wildman–Crippen MR) is 83.3 cm³/mol. The number of aromatic nitrogens is 2. The highest BCUT2D eigenvalue weighted by atomic mass is 35.5. The lowest BCUT2D eigenvalue weighted by atomic mass is 10.2. The fourth-order valence-corrected chi connectivity index (χ4v) is 2.31. The summed E-state index contributed by atoms with van der Waals surface area (Å²) in [4.78, 5) is 11.9. The fraction of sp³-hybridized carbons (Fsp3) is 0.286. The Hall–Kier alpha value is -1.96. The highest BCUT2D eigenvalue weighted by Gasteiger charge is 2.24. The van der Waals surface area contributed by atoms with Crippen LogP contribution in [0.3, 0.4) is 0 Å². The molecule has 124 valence electrons. The van der Waals surface area contributed by atoms with E-state index in [4.69, 9.17) is 32.7 Å². The van der Waals surface area contributed by atoms with Crippen LogP contribution >= 0.6 is 23.2 Å². The van der Waals surface area contributed by atoms with Gasteiger partial charge in [0, 0.05) is 13.1 Å². The van der Waals surface area contributed by atoms with Crippen molar-refractivity contribution in [1.82, 2.24) is 9.78 Å². The maximum Gasteiger partial charge on any atom is 0.359 e. The predicted octanol–water partition coefficient (Wildman–Crippen LogP) is 2.89. The summed E-state index contributed by atoms with van der Waals surface area (Å²) in [5, 5.41) is 23.4. The molecule has 1 aromatic carbocycles. The number of aliphatic hydroxyl groups excluding tert-OH is 1. The Balaban J connectivity index is 2.44. The van der Waals surface area contributed by atoms with Crippen LogP contribution in [0.2, 0.25) is 10.0 Å². The zero-order valence-corrected chi connectivity index (χ0v) is 13.9. The molecule has 2 rings (SSSR count). The number of ether oxygens (including phenoxy) is 2. The first kappa shape index (κ1) is 17.4. The molecule has 0 radical (unpaired) electrons. The highest BCUT2D eigenvalue weighted by molar-refractivity contribution is 6.36. The average Bonchev–Trinajstić information content (AvgIpc) is 2.81. The van der Waals surface area contributed by atoms with Crippen molar-refractivity contribution in [1.29, 1.82) is 0 Å². The Morgan fingerprint density at radius 2 is 2.04 bits per heavy atom. The molecular weight excluding hydrogens is 347 g/mol. The standard InChI is InChI=1S/C14H14Cl2N2O5/c1-3-22-14(21)12-7(6-19)13(18(2)17-12)23-11-5-10(20)8(15)4-9(11)16/h4-5,19-20H,3,6H2,1-2H3. The third kappa shape index (κ3) is 3.52. The number of carbonyl (C=O) groups is 1. The Labute approximate surface area is 142 Å². The van der Waals surface area contributed by atoms with Gasteiger partial charge >= 0.3 is 5.97 Å². The van der Waals surface area contributed by atoms with Gasteiger partial charge < -0.3 is 19.7 Å². The second-order valence-electron chi connectivity index (χ2n) is 4.47. The normalized spacial score (nSPS) is 10.7. The maximum atomic E-state index is 11.9. The van der Waals surface area contributed by atoms with E-state index >= 15 is 0 Å². The van der Waals surface area contributed by atoms with Gasteiger partial charge in [0.25, 0.3) is 0 Å². The van der Waals surface area contributed by atoms with Crippen LogP contribution in [0.4, 0.5) is 0 Å². The van der Waals surface area contributed by atoms with Crippen molar-refractivity contribution in [2.75, 3.05) is 6.61 Å². The van der Waals surface area contributed by atoms with E-state index in [1.54, 1.807) is 6.92 Å². The van der Waals surface area contributed by atoms with Crippen molar-refractivity contribution >= 4 is 29.2 Å². The summed E-state index contributed by atoms with van der Waals surface area (Å²) in [6.07, 6.45) is 0. The van der Waals surface area contributed by atoms with Crippen molar-refractivity contribution in [3.05, 3.63) is 33.4 Å². The molecule has 0 saturated carbocycles. The van der Waals surface area contributed by atoms with E-state index in [1.165, 1.54) is 23.9 Å². The molecule has 1 heterocycles. The highest BCUT2D eigenvalue weighted by Crippen LogP contribution is 2.38. The van der Waals surface area contributed by atoms with Crippen LogP contribution in [0.25, 0.3) is 0 Å². The van der Waals surface area contributed by atoms with Gasteiger partial charge in [0.05, 0.1) is 28.8 Å². The lowest BCUT2D eigenvalue weighted by Gasteiger charge is -2.10. The van der Waals surface area contributed by atoms with Gasteiger partial charge in [0.15, 0.2) is 11.4 Å². The molecule has 0 aliphatic carbocycles. The summed E-state index contributed by atoms with van der Waals surface area (Å²) in [5.41, 5.74) is 0.0950. The molecule has 23 heavy (non-hydrogen) atoms. The van der Waals surface area contributed by atoms with Crippen LogP contribution in [0.15, 0.2) is 12.1 Å². The summed E-state index contributed by atoms with van der Waals surface area (Å²) < 4.78 is 11.7. The van der Waals surface area contributed by atoms with Crippen LogP contribution < -0.4 is 4.74 Å². The zero-order valence-electron chi connectivity index (χ0n) is 12.3. The van der Waals surface area contributed by atoms with Gasteiger partial charge in [0.1, 0.15) is 5.75 Å². The average molecular weight is 361 g/mol. The van der Waals surface area contributed by atoms with Crippen LogP contribution in [0.5, 0.6) is 17.4 Å². The van der Waals surface area contributed by atoms with Crippen molar-refractivity contribution in [2.45, 2.75) is 13.5 Å². The van der Waals surface area contributed by atoms with Crippen LogP contribution in [0, 0.1) is 0 Å². The van der Waals surface area contributed by atoms with Gasteiger partial charge in [-0.05, 0) is 13.0 Å². The van der Waals surface area contributed by atoms with E-state index < -0.39 is 12.6 Å². The van der Waals surface area contributed by atoms with E-state index in [0.717, 1.165) is 0 Å². The molecule has 0 unspecified atom stereocenters. The third-order valence-electron chi connectivity index (χ3n) is 2.92. The second-order valence-corrected chi connectivity index (χ2v) is 5.29. The van der Waals surface area contributed by atoms with E-state index in [1.807, 2.05) is 0 Å². The molecule has 0 aliphatic heterocycles. The number of carbonyl (C=O) groups excluding carboxylic acids is 1. The quantitative estimate of drug-likeness (QED) is 0.796. The van der Waals surface area contributed by atoms with E-state index in [-0.39, 0.29) is 45.3 Å². The second kappa shape index (κ2) is 7.08. The molecule has 0 atom stereocenters. The summed E-state index contributed by atoms with van der Waals surface area (Å²) in [6.45, 7) is 1.34. The number of phenolic OH excluding ortho intramolecular Hbond substituents is 1. The molecule has 2 aromatic rings. The van der Waals surface area contributed by atoms with Gasteiger partial charge in [-0.2, -0.15) is 5.10 Å². The minimum atomic E-state index is -0.674. The summed E-state index contributed by atoms with van der Waals surface area (Å²) in [6, 6.07) is 2.54. The number of hydrogen-bond donors (Lipinski definition) is 2. The number of aliphatic hydroxyl groups is 1. The summed E-state index contributed by atoms with van der Waals surface area (Å²) in [5.74, 6) is -0.697. The minimum absolute atomic E-state index is 0.0545. The molecule has 0 aliphatic rings. The molecule has 0 amide bonds. The molecule has 0 spiro atoms. The molecule has 9 heteroatoms. The number of phenols is 1. The zero-order chi connectivity index (χ0) is 17.1. The number of halogens is 2. The van der Waals surface area contributed by atoms with E-state index in [9.17, 15) is 15.0 Å². The Bertz CT molecular complexity index is 745. The number of nitrogens with zero attached hydrogens (tertiary/aromatic N) is 2. The van der Waals surface area contributed by atoms with Crippen molar-refractivity contribution in [3.63, 3.8) is 0 Å². The fourth-order valence-electron chi connectivity index (χ4n) is 1.89.